The average Bonchev–Trinajstić information content (AvgIpc) is 2.98. The number of benzene rings is 1. The quantitative estimate of drug-likeness (QED) is 0.928. The molecule has 1 aliphatic rings. The van der Waals surface area contributed by atoms with Crippen LogP contribution < -0.4 is 5.32 Å². The van der Waals surface area contributed by atoms with Gasteiger partial charge in [-0.3, -0.25) is 4.90 Å². The highest BCUT2D eigenvalue weighted by Gasteiger charge is 2.11. The fourth-order valence-corrected chi connectivity index (χ4v) is 3.39. The lowest BCUT2D eigenvalue weighted by molar-refractivity contribution is 0.321. The van der Waals surface area contributed by atoms with Crippen molar-refractivity contribution in [2.75, 3.05) is 7.05 Å². The van der Waals surface area contributed by atoms with Crippen LogP contribution >= 0.6 is 11.3 Å². The molecular formula is C15H19N3S. The zero-order chi connectivity index (χ0) is 13.2. The largest absolute Gasteiger partial charge is 0.309 e. The van der Waals surface area contributed by atoms with E-state index in [1.54, 1.807) is 11.3 Å². The smallest absolute Gasteiger partial charge is 0.0798 e. The molecule has 4 heteroatoms. The van der Waals surface area contributed by atoms with E-state index in [0.717, 1.165) is 31.9 Å². The highest BCUT2D eigenvalue weighted by Crippen LogP contribution is 2.19. The molecule has 0 amide bonds. The molecule has 0 bridgehead atoms. The molecule has 100 valence electrons. The lowest BCUT2D eigenvalue weighted by atomic mass is 10.1. The van der Waals surface area contributed by atoms with Gasteiger partial charge in [0.05, 0.1) is 11.2 Å². The first-order valence-electron chi connectivity index (χ1n) is 6.61. The normalized spacial score (nSPS) is 14.1. The Labute approximate surface area is 118 Å². The third-order valence-electron chi connectivity index (χ3n) is 3.61. The summed E-state index contributed by atoms with van der Waals surface area (Å²) in [4.78, 5) is 8.03. The summed E-state index contributed by atoms with van der Waals surface area (Å²) in [5.74, 6) is 0. The topological polar surface area (TPSA) is 28.2 Å². The van der Waals surface area contributed by atoms with E-state index in [2.05, 4.69) is 47.4 Å². The minimum Gasteiger partial charge on any atom is -0.309 e. The van der Waals surface area contributed by atoms with Gasteiger partial charge in [-0.25, -0.2) is 4.98 Å². The Bertz CT molecular complexity index is 577. The molecule has 0 saturated heterocycles. The van der Waals surface area contributed by atoms with Crippen LogP contribution in [0.4, 0.5) is 0 Å². The third-order valence-corrected chi connectivity index (χ3v) is 4.53. The van der Waals surface area contributed by atoms with Gasteiger partial charge in [0.1, 0.15) is 0 Å². The molecule has 0 aliphatic carbocycles. The zero-order valence-corrected chi connectivity index (χ0v) is 12.3. The van der Waals surface area contributed by atoms with Crippen molar-refractivity contribution in [2.24, 2.45) is 0 Å². The van der Waals surface area contributed by atoms with Crippen LogP contribution in [-0.4, -0.2) is 16.9 Å². The minimum atomic E-state index is 0.978. The molecular weight excluding hydrogens is 254 g/mol. The Morgan fingerprint density at radius 1 is 1.26 bits per heavy atom. The molecule has 3 rings (SSSR count). The van der Waals surface area contributed by atoms with Gasteiger partial charge in [0.25, 0.3) is 0 Å². The van der Waals surface area contributed by atoms with Crippen molar-refractivity contribution in [1.82, 2.24) is 15.2 Å². The first-order valence-corrected chi connectivity index (χ1v) is 7.49. The summed E-state index contributed by atoms with van der Waals surface area (Å²) in [5.41, 5.74) is 7.39. The second-order valence-corrected chi connectivity index (χ2v) is 6.18. The number of hydrogen-bond acceptors (Lipinski definition) is 4. The summed E-state index contributed by atoms with van der Waals surface area (Å²) < 4.78 is 0. The van der Waals surface area contributed by atoms with Crippen molar-refractivity contribution in [3.8, 4) is 0 Å². The Balaban J connectivity index is 1.66. The van der Waals surface area contributed by atoms with Crippen LogP contribution in [0.15, 0.2) is 23.7 Å². The van der Waals surface area contributed by atoms with Crippen LogP contribution in [0.2, 0.25) is 0 Å². The molecule has 0 atom stereocenters. The molecule has 2 aromatic rings. The second-order valence-electron chi connectivity index (χ2n) is 5.24. The Morgan fingerprint density at radius 3 is 2.89 bits per heavy atom. The molecule has 1 aromatic carbocycles. The van der Waals surface area contributed by atoms with Crippen molar-refractivity contribution in [3.63, 3.8) is 0 Å². The third kappa shape index (κ3) is 2.86. The summed E-state index contributed by atoms with van der Waals surface area (Å²) >= 11 is 1.75. The maximum atomic E-state index is 4.31. The van der Waals surface area contributed by atoms with Crippen molar-refractivity contribution in [1.29, 1.82) is 0 Å². The fraction of sp³-hybridized carbons (Fsp3) is 0.400. The van der Waals surface area contributed by atoms with Crippen LogP contribution in [0.5, 0.6) is 0 Å². The van der Waals surface area contributed by atoms with Gasteiger partial charge in [-0.2, -0.15) is 0 Å². The summed E-state index contributed by atoms with van der Waals surface area (Å²) in [6.45, 7) is 6.09. The molecule has 0 unspecified atom stereocenters. The molecule has 1 N–H and O–H groups in total. The highest BCUT2D eigenvalue weighted by atomic mass is 32.1. The predicted octanol–water partition coefficient (Wildman–Crippen LogP) is 2.69. The van der Waals surface area contributed by atoms with Gasteiger partial charge in [-0.15, -0.1) is 11.3 Å². The number of fused-ring (bicyclic) bond motifs is 1. The summed E-state index contributed by atoms with van der Waals surface area (Å²) in [7, 11) is 2.17. The van der Waals surface area contributed by atoms with E-state index < -0.39 is 0 Å². The first kappa shape index (κ1) is 12.8. The number of nitrogens with one attached hydrogen (secondary N) is 1. The second kappa shape index (κ2) is 5.41. The lowest BCUT2D eigenvalue weighted by Gasteiger charge is -2.16. The van der Waals surface area contributed by atoms with Gasteiger partial charge >= 0.3 is 0 Å². The Kier molecular flexibility index (Phi) is 3.64. The highest BCUT2D eigenvalue weighted by molar-refractivity contribution is 7.09. The molecule has 1 aromatic heterocycles. The first-order chi connectivity index (χ1) is 9.22. The fourth-order valence-electron chi connectivity index (χ4n) is 2.54. The van der Waals surface area contributed by atoms with E-state index in [1.807, 2.05) is 5.51 Å². The van der Waals surface area contributed by atoms with Crippen molar-refractivity contribution >= 4 is 11.3 Å². The molecule has 0 radical (unpaired) electrons. The molecule has 0 spiro atoms. The summed E-state index contributed by atoms with van der Waals surface area (Å²) in [6.07, 6.45) is 0. The van der Waals surface area contributed by atoms with Gasteiger partial charge in [-0.1, -0.05) is 18.2 Å². The van der Waals surface area contributed by atoms with Gasteiger partial charge in [0, 0.05) is 31.1 Å². The number of thiazole rings is 1. The number of aromatic nitrogens is 1. The van der Waals surface area contributed by atoms with E-state index in [1.165, 1.54) is 21.6 Å². The predicted molar refractivity (Wildman–Crippen MR) is 79.0 cm³/mol. The molecule has 2 heterocycles. The summed E-state index contributed by atoms with van der Waals surface area (Å²) in [6, 6.07) is 6.85. The van der Waals surface area contributed by atoms with E-state index in [9.17, 15) is 0 Å². The molecule has 3 nitrogen and oxygen atoms in total. The maximum absolute atomic E-state index is 4.31. The van der Waals surface area contributed by atoms with Crippen LogP contribution in [0.25, 0.3) is 0 Å². The van der Waals surface area contributed by atoms with E-state index in [-0.39, 0.29) is 0 Å². The number of aryl methyl sites for hydroxylation is 1. The SMILES string of the molecule is Cc1ncsc1CN(C)Cc1ccc2c(c1)CNC2. The van der Waals surface area contributed by atoms with Gasteiger partial charge in [-0.05, 0) is 30.7 Å². The zero-order valence-electron chi connectivity index (χ0n) is 11.4. The van der Waals surface area contributed by atoms with Crippen LogP contribution in [0, 0.1) is 6.92 Å². The number of nitrogens with zero attached hydrogens (tertiary/aromatic N) is 2. The molecule has 1 aliphatic heterocycles. The minimum absolute atomic E-state index is 0.978. The summed E-state index contributed by atoms with van der Waals surface area (Å²) in [5, 5.41) is 3.39. The van der Waals surface area contributed by atoms with Crippen LogP contribution in [-0.2, 0) is 26.2 Å². The standard InChI is InChI=1S/C15H19N3S/c1-11-15(19-10-17-11)9-18(2)8-12-3-4-13-6-16-7-14(13)5-12/h3-5,10,16H,6-9H2,1-2H3. The van der Waals surface area contributed by atoms with Gasteiger partial charge in [0.2, 0.25) is 0 Å². The van der Waals surface area contributed by atoms with E-state index in [4.69, 9.17) is 0 Å². The molecule has 19 heavy (non-hydrogen) atoms. The Hall–Kier alpha value is -1.23. The Morgan fingerprint density at radius 2 is 2.11 bits per heavy atom. The van der Waals surface area contributed by atoms with E-state index in [0.29, 0.717) is 0 Å². The van der Waals surface area contributed by atoms with Gasteiger partial charge < -0.3 is 5.32 Å². The molecule has 0 fully saturated rings. The lowest BCUT2D eigenvalue weighted by Crippen LogP contribution is -2.17. The van der Waals surface area contributed by atoms with Gasteiger partial charge in [0.15, 0.2) is 0 Å². The van der Waals surface area contributed by atoms with E-state index >= 15 is 0 Å². The number of hydrogen-bond donors (Lipinski definition) is 1. The van der Waals surface area contributed by atoms with Crippen molar-refractivity contribution < 1.29 is 0 Å². The van der Waals surface area contributed by atoms with Crippen molar-refractivity contribution in [2.45, 2.75) is 33.1 Å². The van der Waals surface area contributed by atoms with Crippen LogP contribution in [0.1, 0.15) is 27.3 Å². The average molecular weight is 273 g/mol. The van der Waals surface area contributed by atoms with Crippen molar-refractivity contribution in [3.05, 3.63) is 51.0 Å². The maximum Gasteiger partial charge on any atom is 0.0798 e. The number of rotatable bonds is 4. The monoisotopic (exact) mass is 273 g/mol. The molecule has 0 saturated carbocycles. The van der Waals surface area contributed by atoms with Crippen LogP contribution in [0.3, 0.4) is 0 Å².